The maximum absolute atomic E-state index is 12.5. The van der Waals surface area contributed by atoms with Crippen molar-refractivity contribution in [1.29, 1.82) is 5.26 Å². The lowest BCUT2D eigenvalue weighted by Gasteiger charge is -2.08. The average molecular weight is 442 g/mol. The molecule has 3 aromatic carbocycles. The molecule has 1 amide bonds. The Morgan fingerprint density at radius 2 is 1.73 bits per heavy atom. The number of aromatic carboxylic acids is 1. The Labute approximate surface area is 191 Å². The number of carbonyl (C=O) groups is 2. The van der Waals surface area contributed by atoms with E-state index in [4.69, 9.17) is 14.6 Å². The highest BCUT2D eigenvalue weighted by Crippen LogP contribution is 2.19. The van der Waals surface area contributed by atoms with Crippen LogP contribution in [0.25, 0.3) is 6.08 Å². The molecule has 0 atom stereocenters. The van der Waals surface area contributed by atoms with E-state index in [9.17, 15) is 14.9 Å². The van der Waals surface area contributed by atoms with Crippen LogP contribution < -0.4 is 14.8 Å². The van der Waals surface area contributed by atoms with Gasteiger partial charge in [0.25, 0.3) is 5.91 Å². The third-order valence-electron chi connectivity index (χ3n) is 4.57. The molecular formula is C26H22N2O5. The van der Waals surface area contributed by atoms with Gasteiger partial charge in [0.2, 0.25) is 0 Å². The second-order valence-electron chi connectivity index (χ2n) is 6.94. The van der Waals surface area contributed by atoms with Crippen LogP contribution in [0.15, 0.2) is 78.4 Å². The zero-order valence-corrected chi connectivity index (χ0v) is 17.9. The van der Waals surface area contributed by atoms with Crippen LogP contribution >= 0.6 is 0 Å². The van der Waals surface area contributed by atoms with E-state index in [1.54, 1.807) is 60.7 Å². The molecule has 0 bridgehead atoms. The van der Waals surface area contributed by atoms with Crippen LogP contribution in [0.4, 0.5) is 5.69 Å². The number of hydrogen-bond acceptors (Lipinski definition) is 5. The molecule has 3 rings (SSSR count). The van der Waals surface area contributed by atoms with Gasteiger partial charge in [0.05, 0.1) is 12.2 Å². The highest BCUT2D eigenvalue weighted by atomic mass is 16.5. The van der Waals surface area contributed by atoms with Crippen LogP contribution in [-0.4, -0.2) is 23.6 Å². The first-order chi connectivity index (χ1) is 16.0. The number of rotatable bonds is 9. The van der Waals surface area contributed by atoms with Gasteiger partial charge in [-0.05, 0) is 60.5 Å². The summed E-state index contributed by atoms with van der Waals surface area (Å²) in [4.78, 5) is 23.4. The van der Waals surface area contributed by atoms with E-state index in [-0.39, 0.29) is 17.7 Å². The summed E-state index contributed by atoms with van der Waals surface area (Å²) in [6, 6.07) is 22.3. The minimum Gasteiger partial charge on any atom is -0.494 e. The van der Waals surface area contributed by atoms with Crippen molar-refractivity contribution in [2.75, 3.05) is 11.9 Å². The number of nitrogens with one attached hydrogen (secondary N) is 1. The minimum absolute atomic E-state index is 0.0380. The summed E-state index contributed by atoms with van der Waals surface area (Å²) in [5.41, 5.74) is 2.22. The molecule has 0 radical (unpaired) electrons. The number of carboxylic acids is 1. The lowest BCUT2D eigenvalue weighted by atomic mass is 10.1. The van der Waals surface area contributed by atoms with E-state index in [1.807, 2.05) is 13.0 Å². The maximum Gasteiger partial charge on any atom is 0.335 e. The van der Waals surface area contributed by atoms with Gasteiger partial charge in [-0.2, -0.15) is 5.26 Å². The third kappa shape index (κ3) is 6.71. The van der Waals surface area contributed by atoms with Gasteiger partial charge in [-0.25, -0.2) is 4.79 Å². The van der Waals surface area contributed by atoms with Crippen LogP contribution in [0.2, 0.25) is 0 Å². The summed E-state index contributed by atoms with van der Waals surface area (Å²) in [6.45, 7) is 2.66. The van der Waals surface area contributed by atoms with Crippen molar-refractivity contribution in [2.45, 2.75) is 13.5 Å². The van der Waals surface area contributed by atoms with Gasteiger partial charge in [0, 0.05) is 11.8 Å². The summed E-state index contributed by atoms with van der Waals surface area (Å²) >= 11 is 0. The first-order valence-corrected chi connectivity index (χ1v) is 10.2. The molecule has 0 unspecified atom stereocenters. The number of benzene rings is 3. The summed E-state index contributed by atoms with van der Waals surface area (Å²) in [5, 5.41) is 21.1. The highest BCUT2D eigenvalue weighted by Gasteiger charge is 2.10. The molecule has 7 nitrogen and oxygen atoms in total. The largest absolute Gasteiger partial charge is 0.494 e. The molecule has 0 saturated heterocycles. The van der Waals surface area contributed by atoms with Crippen LogP contribution in [0.1, 0.15) is 28.4 Å². The van der Waals surface area contributed by atoms with Crippen LogP contribution in [0.3, 0.4) is 0 Å². The van der Waals surface area contributed by atoms with E-state index < -0.39 is 11.9 Å². The number of amides is 1. The van der Waals surface area contributed by atoms with Crippen LogP contribution in [0.5, 0.6) is 11.5 Å². The summed E-state index contributed by atoms with van der Waals surface area (Å²) in [6.07, 6.45) is 1.50. The van der Waals surface area contributed by atoms with Gasteiger partial charge in [-0.15, -0.1) is 0 Å². The Bertz CT molecular complexity index is 1190. The Hall–Kier alpha value is -4.57. The van der Waals surface area contributed by atoms with Crippen LogP contribution in [-0.2, 0) is 11.4 Å². The second-order valence-corrected chi connectivity index (χ2v) is 6.94. The van der Waals surface area contributed by atoms with E-state index in [0.29, 0.717) is 29.4 Å². The van der Waals surface area contributed by atoms with E-state index in [2.05, 4.69) is 5.32 Å². The molecule has 166 valence electrons. The number of anilines is 1. The molecule has 0 fully saturated rings. The number of hydrogen-bond donors (Lipinski definition) is 2. The van der Waals surface area contributed by atoms with E-state index in [0.717, 1.165) is 5.56 Å². The Morgan fingerprint density at radius 1 is 1.00 bits per heavy atom. The summed E-state index contributed by atoms with van der Waals surface area (Å²) in [5.74, 6) is -0.261. The van der Waals surface area contributed by atoms with Crippen molar-refractivity contribution >= 4 is 23.6 Å². The molecule has 0 saturated carbocycles. The molecule has 3 aromatic rings. The molecule has 33 heavy (non-hydrogen) atoms. The molecule has 0 spiro atoms. The van der Waals surface area contributed by atoms with Gasteiger partial charge in [0.1, 0.15) is 29.7 Å². The molecule has 0 aromatic heterocycles. The Kier molecular flexibility index (Phi) is 7.81. The molecule has 0 aliphatic rings. The zero-order valence-electron chi connectivity index (χ0n) is 17.9. The fourth-order valence-electron chi connectivity index (χ4n) is 2.91. The number of carboxylic acid groups (broad SMARTS) is 1. The minimum atomic E-state index is -0.976. The quantitative estimate of drug-likeness (QED) is 0.360. The lowest BCUT2D eigenvalue weighted by Crippen LogP contribution is -2.13. The number of nitrogens with zero attached hydrogens (tertiary/aromatic N) is 1. The molecule has 7 heteroatoms. The SMILES string of the molecule is CCOc1cccc(NC(=O)C(C#N)=Cc2ccc(OCc3ccc(C(=O)O)cc3)cc2)c1. The monoisotopic (exact) mass is 442 g/mol. The Balaban J connectivity index is 1.62. The first-order valence-electron chi connectivity index (χ1n) is 10.2. The molecule has 2 N–H and O–H groups in total. The Morgan fingerprint density at radius 3 is 2.36 bits per heavy atom. The summed E-state index contributed by atoms with van der Waals surface area (Å²) in [7, 11) is 0. The first kappa shape index (κ1) is 23.1. The second kappa shape index (κ2) is 11.2. The fourth-order valence-corrected chi connectivity index (χ4v) is 2.91. The van der Waals surface area contributed by atoms with E-state index >= 15 is 0 Å². The molecule has 0 heterocycles. The van der Waals surface area contributed by atoms with Crippen molar-refractivity contribution in [3.05, 3.63) is 95.1 Å². The average Bonchev–Trinajstić information content (AvgIpc) is 2.82. The van der Waals surface area contributed by atoms with Crippen molar-refractivity contribution in [3.63, 3.8) is 0 Å². The van der Waals surface area contributed by atoms with Crippen LogP contribution in [0, 0.1) is 11.3 Å². The standard InChI is InChI=1S/C26H22N2O5/c1-2-32-24-5-3-4-22(15-24)28-25(29)21(16-27)14-18-8-12-23(13-9-18)33-17-19-6-10-20(11-7-19)26(30)31/h3-15H,2,17H2,1H3,(H,28,29)(H,30,31). The van der Waals surface area contributed by atoms with Crippen molar-refractivity contribution in [3.8, 4) is 17.6 Å². The lowest BCUT2D eigenvalue weighted by molar-refractivity contribution is -0.112. The normalized spacial score (nSPS) is 10.7. The predicted octanol–water partition coefficient (Wildman–Crippen LogP) is 4.91. The number of ether oxygens (including phenoxy) is 2. The zero-order chi connectivity index (χ0) is 23.6. The smallest absolute Gasteiger partial charge is 0.335 e. The summed E-state index contributed by atoms with van der Waals surface area (Å²) < 4.78 is 11.1. The van der Waals surface area contributed by atoms with Gasteiger partial charge in [-0.3, -0.25) is 4.79 Å². The number of nitriles is 1. The molecule has 0 aliphatic carbocycles. The van der Waals surface area contributed by atoms with Gasteiger partial charge < -0.3 is 19.9 Å². The van der Waals surface area contributed by atoms with Gasteiger partial charge in [0.15, 0.2) is 0 Å². The topological polar surface area (TPSA) is 109 Å². The maximum atomic E-state index is 12.5. The predicted molar refractivity (Wildman–Crippen MR) is 124 cm³/mol. The van der Waals surface area contributed by atoms with Crippen molar-refractivity contribution in [2.24, 2.45) is 0 Å². The fraction of sp³-hybridized carbons (Fsp3) is 0.115. The highest BCUT2D eigenvalue weighted by molar-refractivity contribution is 6.09. The van der Waals surface area contributed by atoms with E-state index in [1.165, 1.54) is 18.2 Å². The molecular weight excluding hydrogens is 420 g/mol. The van der Waals surface area contributed by atoms with Crippen molar-refractivity contribution < 1.29 is 24.2 Å². The van der Waals surface area contributed by atoms with Gasteiger partial charge in [-0.1, -0.05) is 30.3 Å². The van der Waals surface area contributed by atoms with Crippen molar-refractivity contribution in [1.82, 2.24) is 0 Å². The molecule has 0 aliphatic heterocycles. The van der Waals surface area contributed by atoms with Gasteiger partial charge >= 0.3 is 5.97 Å². The third-order valence-corrected chi connectivity index (χ3v) is 4.57. The number of carbonyl (C=O) groups excluding carboxylic acids is 1.